The quantitative estimate of drug-likeness (QED) is 0.467. The van der Waals surface area contributed by atoms with Gasteiger partial charge in [-0.2, -0.15) is 0 Å². The predicted octanol–water partition coefficient (Wildman–Crippen LogP) is 4.47. The molecule has 1 atom stereocenters. The minimum absolute atomic E-state index is 0.172. The van der Waals surface area contributed by atoms with Crippen molar-refractivity contribution in [3.63, 3.8) is 0 Å². The van der Waals surface area contributed by atoms with Gasteiger partial charge in [0.25, 0.3) is 5.91 Å². The fourth-order valence-electron chi connectivity index (χ4n) is 4.16. The maximum atomic E-state index is 13.2. The first-order valence-corrected chi connectivity index (χ1v) is 11.3. The van der Waals surface area contributed by atoms with E-state index in [9.17, 15) is 9.59 Å². The molecule has 1 unspecified atom stereocenters. The summed E-state index contributed by atoms with van der Waals surface area (Å²) < 4.78 is 0. The number of H-pyrrole nitrogens is 1. The molecule has 1 aliphatic rings. The fraction of sp³-hybridized carbons (Fsp3) is 0.385. The zero-order valence-electron chi connectivity index (χ0n) is 19.1. The summed E-state index contributed by atoms with van der Waals surface area (Å²) in [5, 5.41) is 7.03. The number of aromatic nitrogens is 1. The van der Waals surface area contributed by atoms with Crippen molar-refractivity contribution in [3.8, 4) is 0 Å². The molecule has 2 aromatic carbocycles. The van der Waals surface area contributed by atoms with Crippen molar-refractivity contribution in [1.29, 1.82) is 0 Å². The molecule has 1 aromatic heterocycles. The molecule has 168 valence electrons. The molecule has 1 heterocycles. The zero-order valence-corrected chi connectivity index (χ0v) is 19.1. The second-order valence-corrected chi connectivity index (χ2v) is 9.14. The number of hydrogen-bond acceptors (Lipinski definition) is 3. The third kappa shape index (κ3) is 5.37. The Morgan fingerprint density at radius 2 is 1.91 bits per heavy atom. The van der Waals surface area contributed by atoms with Crippen molar-refractivity contribution >= 4 is 28.4 Å². The van der Waals surface area contributed by atoms with Gasteiger partial charge >= 0.3 is 0 Å². The summed E-state index contributed by atoms with van der Waals surface area (Å²) in [6.07, 6.45) is 4.02. The van der Waals surface area contributed by atoms with Crippen molar-refractivity contribution in [3.05, 3.63) is 65.4 Å². The lowest BCUT2D eigenvalue weighted by atomic mass is 10.1. The molecule has 1 saturated carbocycles. The predicted molar refractivity (Wildman–Crippen MR) is 129 cm³/mol. The minimum Gasteiger partial charge on any atom is -0.350 e. The normalized spacial score (nSPS) is 14.5. The molecule has 0 radical (unpaired) electrons. The largest absolute Gasteiger partial charge is 0.350 e. The van der Waals surface area contributed by atoms with Gasteiger partial charge in [0, 0.05) is 23.1 Å². The number of carbonyl (C=O) groups excluding carboxylic acids is 2. The van der Waals surface area contributed by atoms with Crippen LogP contribution in [0.1, 0.15) is 47.3 Å². The highest BCUT2D eigenvalue weighted by molar-refractivity contribution is 6.04. The van der Waals surface area contributed by atoms with Crippen LogP contribution in [0.3, 0.4) is 0 Å². The number of nitrogens with one attached hydrogen (secondary N) is 3. The molecule has 3 aromatic rings. The lowest BCUT2D eigenvalue weighted by molar-refractivity contribution is -0.118. The lowest BCUT2D eigenvalue weighted by Gasteiger charge is -2.19. The second-order valence-electron chi connectivity index (χ2n) is 9.14. The van der Waals surface area contributed by atoms with E-state index in [1.807, 2.05) is 69.6 Å². The van der Waals surface area contributed by atoms with E-state index in [1.165, 1.54) is 12.8 Å². The number of amides is 2. The number of fused-ring (bicyclic) bond motifs is 1. The standard InChI is InChI=1S/C26H32N4O2/c1-17-21-9-4-5-10-22(21)28-24(17)26(32)29-23(14-13-18-11-12-18)25(31)27-20-8-6-7-19(15-20)16-30(2)3/h4-10,15,18,23,28H,11-14,16H2,1-3H3,(H,27,31)(H,29,32). The van der Waals surface area contributed by atoms with Crippen LogP contribution in [-0.2, 0) is 11.3 Å². The Morgan fingerprint density at radius 3 is 2.62 bits per heavy atom. The van der Waals surface area contributed by atoms with Crippen molar-refractivity contribution in [2.75, 3.05) is 19.4 Å². The van der Waals surface area contributed by atoms with Crippen LogP contribution in [0.15, 0.2) is 48.5 Å². The summed E-state index contributed by atoms with van der Waals surface area (Å²) in [6.45, 7) is 2.73. The van der Waals surface area contributed by atoms with Gasteiger partial charge in [-0.15, -0.1) is 0 Å². The van der Waals surface area contributed by atoms with Crippen LogP contribution < -0.4 is 10.6 Å². The number of nitrogens with zero attached hydrogens (tertiary/aromatic N) is 1. The molecule has 2 amide bonds. The molecular formula is C26H32N4O2. The van der Waals surface area contributed by atoms with Gasteiger partial charge in [0.15, 0.2) is 0 Å². The van der Waals surface area contributed by atoms with E-state index in [0.717, 1.165) is 40.7 Å². The first-order chi connectivity index (χ1) is 15.4. The molecule has 0 spiro atoms. The SMILES string of the molecule is Cc1c(C(=O)NC(CCC2CC2)C(=O)Nc2cccc(CN(C)C)c2)[nH]c2ccccc12. The third-order valence-corrected chi connectivity index (χ3v) is 6.07. The highest BCUT2D eigenvalue weighted by Crippen LogP contribution is 2.34. The average Bonchev–Trinajstić information content (AvgIpc) is 3.53. The van der Waals surface area contributed by atoms with Crippen LogP contribution in [-0.4, -0.2) is 41.8 Å². The maximum absolute atomic E-state index is 13.2. The van der Waals surface area contributed by atoms with E-state index >= 15 is 0 Å². The van der Waals surface area contributed by atoms with Gasteiger partial charge in [0.1, 0.15) is 11.7 Å². The summed E-state index contributed by atoms with van der Waals surface area (Å²) in [6, 6.07) is 15.1. The topological polar surface area (TPSA) is 77.2 Å². The summed E-state index contributed by atoms with van der Waals surface area (Å²) in [5.74, 6) is 0.270. The molecule has 4 rings (SSSR count). The van der Waals surface area contributed by atoms with Crippen molar-refractivity contribution in [2.45, 2.75) is 45.2 Å². The van der Waals surface area contributed by atoms with Gasteiger partial charge in [-0.25, -0.2) is 0 Å². The Bertz CT molecular complexity index is 1110. The van der Waals surface area contributed by atoms with Crippen LogP contribution in [0.4, 0.5) is 5.69 Å². The maximum Gasteiger partial charge on any atom is 0.268 e. The highest BCUT2D eigenvalue weighted by atomic mass is 16.2. The van der Waals surface area contributed by atoms with Gasteiger partial charge in [-0.3, -0.25) is 9.59 Å². The van der Waals surface area contributed by atoms with E-state index in [2.05, 4.69) is 20.5 Å². The zero-order chi connectivity index (χ0) is 22.7. The average molecular weight is 433 g/mol. The summed E-state index contributed by atoms with van der Waals surface area (Å²) >= 11 is 0. The Hall–Kier alpha value is -3.12. The summed E-state index contributed by atoms with van der Waals surface area (Å²) in [5.41, 5.74) is 4.22. The van der Waals surface area contributed by atoms with Crippen LogP contribution >= 0.6 is 0 Å². The molecule has 32 heavy (non-hydrogen) atoms. The first kappa shape index (κ1) is 22.1. The van der Waals surface area contributed by atoms with E-state index in [0.29, 0.717) is 18.0 Å². The fourth-order valence-corrected chi connectivity index (χ4v) is 4.16. The number of carbonyl (C=O) groups is 2. The molecule has 0 aliphatic heterocycles. The van der Waals surface area contributed by atoms with Gasteiger partial charge in [-0.05, 0) is 69.1 Å². The number of benzene rings is 2. The van der Waals surface area contributed by atoms with Gasteiger partial charge < -0.3 is 20.5 Å². The number of rotatable bonds is 9. The van der Waals surface area contributed by atoms with Gasteiger partial charge in [0.2, 0.25) is 5.91 Å². The lowest BCUT2D eigenvalue weighted by Crippen LogP contribution is -2.44. The van der Waals surface area contributed by atoms with Gasteiger partial charge in [0.05, 0.1) is 0 Å². The molecule has 6 heteroatoms. The van der Waals surface area contributed by atoms with Crippen LogP contribution in [0.2, 0.25) is 0 Å². The monoisotopic (exact) mass is 432 g/mol. The van der Waals surface area contributed by atoms with Crippen molar-refractivity contribution in [2.24, 2.45) is 5.92 Å². The molecular weight excluding hydrogens is 400 g/mol. The second kappa shape index (κ2) is 9.57. The Balaban J connectivity index is 1.49. The first-order valence-electron chi connectivity index (χ1n) is 11.3. The number of para-hydroxylation sites is 1. The number of hydrogen-bond donors (Lipinski definition) is 3. The van der Waals surface area contributed by atoms with Crippen LogP contribution in [0.25, 0.3) is 10.9 Å². The molecule has 6 nitrogen and oxygen atoms in total. The van der Waals surface area contributed by atoms with Gasteiger partial charge in [-0.1, -0.05) is 43.2 Å². The molecule has 0 bridgehead atoms. The van der Waals surface area contributed by atoms with E-state index in [-0.39, 0.29) is 11.8 Å². The Labute approximate surface area is 189 Å². The Kier molecular flexibility index (Phi) is 6.61. The van der Waals surface area contributed by atoms with E-state index in [4.69, 9.17) is 0 Å². The van der Waals surface area contributed by atoms with Crippen LogP contribution in [0.5, 0.6) is 0 Å². The number of aromatic amines is 1. The smallest absolute Gasteiger partial charge is 0.268 e. The van der Waals surface area contributed by atoms with Crippen molar-refractivity contribution in [1.82, 2.24) is 15.2 Å². The van der Waals surface area contributed by atoms with E-state index < -0.39 is 6.04 Å². The highest BCUT2D eigenvalue weighted by Gasteiger charge is 2.28. The molecule has 1 fully saturated rings. The minimum atomic E-state index is -0.577. The molecule has 1 aliphatic carbocycles. The Morgan fingerprint density at radius 1 is 1.12 bits per heavy atom. The number of aryl methyl sites for hydroxylation is 1. The van der Waals surface area contributed by atoms with E-state index in [1.54, 1.807) is 0 Å². The summed E-state index contributed by atoms with van der Waals surface area (Å²) in [4.78, 5) is 31.6. The molecule has 3 N–H and O–H groups in total. The summed E-state index contributed by atoms with van der Waals surface area (Å²) in [7, 11) is 4.03. The number of anilines is 1. The third-order valence-electron chi connectivity index (χ3n) is 6.07. The molecule has 0 saturated heterocycles. The van der Waals surface area contributed by atoms with Crippen molar-refractivity contribution < 1.29 is 9.59 Å². The van der Waals surface area contributed by atoms with Crippen LogP contribution in [0, 0.1) is 12.8 Å².